The number of hydrogen-bond donors (Lipinski definition) is 0. The van der Waals surface area contributed by atoms with Gasteiger partial charge in [0.05, 0.1) is 11.0 Å². The Labute approximate surface area is 160 Å². The van der Waals surface area contributed by atoms with Gasteiger partial charge in [0.1, 0.15) is 18.3 Å². The van der Waals surface area contributed by atoms with Crippen molar-refractivity contribution in [2.75, 3.05) is 7.05 Å². The average molecular weight is 386 g/mol. The van der Waals surface area contributed by atoms with E-state index in [9.17, 15) is 14.9 Å². The van der Waals surface area contributed by atoms with Crippen LogP contribution < -0.4 is 0 Å². The molecular formula is C18H16ClN5O3. The molecule has 1 amide bonds. The molecular weight excluding hydrogens is 370 g/mol. The first-order valence-electron chi connectivity index (χ1n) is 8.04. The van der Waals surface area contributed by atoms with Crippen LogP contribution in [0.2, 0.25) is 5.02 Å². The summed E-state index contributed by atoms with van der Waals surface area (Å²) in [4.78, 5) is 29.1. The van der Waals surface area contributed by atoms with Gasteiger partial charge in [-0.25, -0.2) is 9.67 Å². The van der Waals surface area contributed by atoms with Gasteiger partial charge in [0.25, 0.3) is 11.6 Å². The average Bonchev–Trinajstić information content (AvgIpc) is 3.20. The summed E-state index contributed by atoms with van der Waals surface area (Å²) in [6.45, 7) is 1.86. The highest BCUT2D eigenvalue weighted by Crippen LogP contribution is 2.27. The van der Waals surface area contributed by atoms with Crippen LogP contribution in [0, 0.1) is 10.1 Å². The van der Waals surface area contributed by atoms with Crippen molar-refractivity contribution in [3.8, 4) is 5.69 Å². The van der Waals surface area contributed by atoms with E-state index in [4.69, 9.17) is 11.6 Å². The molecule has 1 atom stereocenters. The second-order valence-electron chi connectivity index (χ2n) is 5.95. The summed E-state index contributed by atoms with van der Waals surface area (Å²) in [5.74, 6) is -0.337. The molecule has 1 heterocycles. The number of carbonyl (C=O) groups is 1. The van der Waals surface area contributed by atoms with Gasteiger partial charge in [-0.05, 0) is 36.8 Å². The number of aromatic nitrogens is 3. The molecule has 0 aliphatic rings. The van der Waals surface area contributed by atoms with E-state index in [-0.39, 0.29) is 28.9 Å². The molecule has 0 fully saturated rings. The molecule has 0 N–H and O–H groups in total. The third-order valence-electron chi connectivity index (χ3n) is 4.32. The molecule has 0 aliphatic heterocycles. The first-order valence-corrected chi connectivity index (χ1v) is 8.42. The van der Waals surface area contributed by atoms with Gasteiger partial charge in [-0.3, -0.25) is 14.9 Å². The zero-order valence-electron chi connectivity index (χ0n) is 14.6. The van der Waals surface area contributed by atoms with Crippen LogP contribution in [0.15, 0.2) is 55.1 Å². The number of nitrogens with zero attached hydrogens (tertiary/aromatic N) is 5. The Bertz CT molecular complexity index is 990. The minimum Gasteiger partial charge on any atom is -0.335 e. The molecule has 0 bridgehead atoms. The summed E-state index contributed by atoms with van der Waals surface area (Å²) in [5.41, 5.74) is 1.09. The van der Waals surface area contributed by atoms with Crippen molar-refractivity contribution in [1.82, 2.24) is 19.7 Å². The molecule has 1 unspecified atom stereocenters. The summed E-state index contributed by atoms with van der Waals surface area (Å²) in [6.07, 6.45) is 2.64. The van der Waals surface area contributed by atoms with Gasteiger partial charge in [-0.1, -0.05) is 23.7 Å². The highest BCUT2D eigenvalue weighted by molar-refractivity contribution is 6.30. The predicted molar refractivity (Wildman–Crippen MR) is 100.0 cm³/mol. The van der Waals surface area contributed by atoms with Gasteiger partial charge in [0.2, 0.25) is 0 Å². The first-order chi connectivity index (χ1) is 12.9. The van der Waals surface area contributed by atoms with Crippen molar-refractivity contribution in [2.45, 2.75) is 13.0 Å². The van der Waals surface area contributed by atoms with Gasteiger partial charge < -0.3 is 4.90 Å². The number of hydrogen-bond acceptors (Lipinski definition) is 5. The van der Waals surface area contributed by atoms with E-state index in [1.807, 2.05) is 19.1 Å². The van der Waals surface area contributed by atoms with E-state index >= 15 is 0 Å². The van der Waals surface area contributed by atoms with Crippen LogP contribution in [-0.4, -0.2) is 37.5 Å². The molecule has 138 valence electrons. The number of nitro groups is 1. The van der Waals surface area contributed by atoms with Gasteiger partial charge in [0.15, 0.2) is 0 Å². The van der Waals surface area contributed by atoms with Crippen molar-refractivity contribution < 1.29 is 9.72 Å². The number of carbonyl (C=O) groups excluding carboxylic acids is 1. The van der Waals surface area contributed by atoms with E-state index in [1.165, 1.54) is 40.4 Å². The minimum atomic E-state index is -0.547. The molecule has 2 aromatic carbocycles. The largest absolute Gasteiger partial charge is 0.335 e. The van der Waals surface area contributed by atoms with Crippen LogP contribution in [-0.2, 0) is 0 Å². The summed E-state index contributed by atoms with van der Waals surface area (Å²) < 4.78 is 1.28. The Kier molecular flexibility index (Phi) is 5.18. The predicted octanol–water partition coefficient (Wildman–Crippen LogP) is 3.66. The summed E-state index contributed by atoms with van der Waals surface area (Å²) in [5, 5.41) is 15.9. The molecule has 0 saturated heterocycles. The standard InChI is InChI=1S/C18H16ClN5O3/c1-12(13-4-3-5-15(19)8-13)22(2)18(25)14-6-7-16(17(9-14)24(26)27)23-11-20-10-21-23/h3-12H,1-2H3. The fourth-order valence-electron chi connectivity index (χ4n) is 2.70. The highest BCUT2D eigenvalue weighted by atomic mass is 35.5. The van der Waals surface area contributed by atoms with Crippen molar-refractivity contribution in [3.63, 3.8) is 0 Å². The van der Waals surface area contributed by atoms with Crippen molar-refractivity contribution in [2.24, 2.45) is 0 Å². The third-order valence-corrected chi connectivity index (χ3v) is 4.55. The fraction of sp³-hybridized carbons (Fsp3) is 0.167. The quantitative estimate of drug-likeness (QED) is 0.493. The summed E-state index contributed by atoms with van der Waals surface area (Å²) >= 11 is 6.02. The Morgan fingerprint density at radius 1 is 1.30 bits per heavy atom. The second kappa shape index (κ2) is 7.55. The zero-order valence-corrected chi connectivity index (χ0v) is 15.4. The van der Waals surface area contributed by atoms with Crippen molar-refractivity contribution in [3.05, 3.63) is 81.4 Å². The molecule has 3 aromatic rings. The Morgan fingerprint density at radius 2 is 2.07 bits per heavy atom. The second-order valence-corrected chi connectivity index (χ2v) is 6.38. The summed E-state index contributed by atoms with van der Waals surface area (Å²) in [6, 6.07) is 11.2. The Hall–Kier alpha value is -3.26. The molecule has 9 heteroatoms. The lowest BCUT2D eigenvalue weighted by molar-refractivity contribution is -0.384. The molecule has 0 aliphatic carbocycles. The maximum Gasteiger partial charge on any atom is 0.295 e. The third kappa shape index (κ3) is 3.80. The molecule has 0 radical (unpaired) electrons. The van der Waals surface area contributed by atoms with Gasteiger partial charge in [-0.2, -0.15) is 5.10 Å². The topological polar surface area (TPSA) is 94.2 Å². The molecule has 3 rings (SSSR count). The SMILES string of the molecule is CC(c1cccc(Cl)c1)N(C)C(=O)c1ccc(-n2cncn2)c([N+](=O)[O-])c1. The molecule has 8 nitrogen and oxygen atoms in total. The van der Waals surface area contributed by atoms with Gasteiger partial charge in [-0.15, -0.1) is 0 Å². The van der Waals surface area contributed by atoms with Crippen LogP contribution in [0.1, 0.15) is 28.9 Å². The van der Waals surface area contributed by atoms with E-state index < -0.39 is 4.92 Å². The maximum absolute atomic E-state index is 12.9. The molecule has 0 spiro atoms. The Balaban J connectivity index is 1.92. The number of halogens is 1. The molecule has 27 heavy (non-hydrogen) atoms. The number of nitro benzene ring substituents is 1. The monoisotopic (exact) mass is 385 g/mol. The highest BCUT2D eigenvalue weighted by Gasteiger charge is 2.23. The maximum atomic E-state index is 12.9. The number of amides is 1. The Morgan fingerprint density at radius 3 is 2.70 bits per heavy atom. The fourth-order valence-corrected chi connectivity index (χ4v) is 2.90. The van der Waals surface area contributed by atoms with Gasteiger partial charge >= 0.3 is 0 Å². The molecule has 0 saturated carbocycles. The van der Waals surface area contributed by atoms with E-state index in [0.29, 0.717) is 5.02 Å². The van der Waals surface area contributed by atoms with Crippen LogP contribution in [0.25, 0.3) is 5.69 Å². The van der Waals surface area contributed by atoms with E-state index in [2.05, 4.69) is 10.1 Å². The number of benzene rings is 2. The van der Waals surface area contributed by atoms with E-state index in [0.717, 1.165) is 5.56 Å². The van der Waals surface area contributed by atoms with Crippen LogP contribution >= 0.6 is 11.6 Å². The zero-order chi connectivity index (χ0) is 19.6. The lowest BCUT2D eigenvalue weighted by atomic mass is 10.1. The van der Waals surface area contributed by atoms with Crippen LogP contribution in [0.5, 0.6) is 0 Å². The van der Waals surface area contributed by atoms with E-state index in [1.54, 1.807) is 19.2 Å². The normalized spacial score (nSPS) is 11.8. The lowest BCUT2D eigenvalue weighted by Gasteiger charge is -2.25. The number of rotatable bonds is 5. The minimum absolute atomic E-state index is 0.210. The van der Waals surface area contributed by atoms with Crippen molar-refractivity contribution in [1.29, 1.82) is 0 Å². The van der Waals surface area contributed by atoms with Crippen LogP contribution in [0.3, 0.4) is 0 Å². The van der Waals surface area contributed by atoms with Crippen LogP contribution in [0.4, 0.5) is 5.69 Å². The molecule has 1 aromatic heterocycles. The van der Waals surface area contributed by atoms with Crippen molar-refractivity contribution >= 4 is 23.2 Å². The lowest BCUT2D eigenvalue weighted by Crippen LogP contribution is -2.29. The first kappa shape index (κ1) is 18.5. The smallest absolute Gasteiger partial charge is 0.295 e. The summed E-state index contributed by atoms with van der Waals surface area (Å²) in [7, 11) is 1.64. The van der Waals surface area contributed by atoms with Gasteiger partial charge in [0, 0.05) is 23.7 Å².